The van der Waals surface area contributed by atoms with Gasteiger partial charge < -0.3 is 24.1 Å². The van der Waals surface area contributed by atoms with E-state index in [9.17, 15) is 28.6 Å². The minimum Gasteiger partial charge on any atom is -0.508 e. The first-order chi connectivity index (χ1) is 24.0. The van der Waals surface area contributed by atoms with Crippen LogP contribution in [0.5, 0.6) is 0 Å². The van der Waals surface area contributed by atoms with E-state index >= 15 is 0 Å². The van der Waals surface area contributed by atoms with Crippen LogP contribution < -0.4 is 0 Å². The first-order valence-electron chi connectivity index (χ1n) is 16.1. The number of carbonyl (C=O) groups excluding carboxylic acids is 2. The van der Waals surface area contributed by atoms with Crippen molar-refractivity contribution in [3.8, 4) is 22.3 Å². The minimum absolute atomic E-state index is 0.0219. The molecule has 0 bridgehead atoms. The van der Waals surface area contributed by atoms with Crippen LogP contribution in [0.2, 0.25) is 0 Å². The van der Waals surface area contributed by atoms with Gasteiger partial charge in [0.15, 0.2) is 6.29 Å². The van der Waals surface area contributed by atoms with Crippen LogP contribution in [-0.2, 0) is 9.53 Å². The maximum atomic E-state index is 13.5. The van der Waals surface area contributed by atoms with Gasteiger partial charge in [-0.15, -0.1) is 0 Å². The van der Waals surface area contributed by atoms with Gasteiger partial charge >= 0.3 is 5.97 Å². The molecule has 0 unspecified atom stereocenters. The van der Waals surface area contributed by atoms with Gasteiger partial charge in [0, 0.05) is 51.1 Å². The number of carbonyl (C=O) groups is 2. The highest BCUT2D eigenvalue weighted by molar-refractivity contribution is 6.05. The second-order valence-corrected chi connectivity index (χ2v) is 12.2. The third-order valence-corrected chi connectivity index (χ3v) is 8.26. The number of aldehydes is 1. The van der Waals surface area contributed by atoms with Crippen LogP contribution in [0.1, 0.15) is 56.0 Å². The van der Waals surface area contributed by atoms with Crippen molar-refractivity contribution in [1.82, 2.24) is 9.13 Å². The number of ether oxygens (including phenoxy) is 1. The fourth-order valence-corrected chi connectivity index (χ4v) is 6.27. The number of nitrogens with zero attached hydrogens (tertiary/aromatic N) is 2. The molecule has 0 atom stereocenters. The molecule has 0 saturated heterocycles. The molecule has 0 saturated carbocycles. The monoisotopic (exact) mass is 676 g/mol. The number of para-hydroxylation sites is 2. The van der Waals surface area contributed by atoms with Crippen molar-refractivity contribution in [2.75, 3.05) is 7.11 Å². The number of aliphatic hydroxyl groups is 2. The number of hydrogen-bond acceptors (Lipinski definition) is 5. The van der Waals surface area contributed by atoms with Gasteiger partial charge in [0.2, 0.25) is 0 Å². The van der Waals surface area contributed by atoms with Crippen LogP contribution in [-0.4, -0.2) is 38.7 Å². The van der Waals surface area contributed by atoms with Crippen molar-refractivity contribution in [3.63, 3.8) is 0 Å². The number of aromatic nitrogens is 2. The van der Waals surface area contributed by atoms with Gasteiger partial charge in [-0.3, -0.25) is 4.79 Å². The zero-order chi connectivity index (χ0) is 36.1. The Balaban J connectivity index is 0.000000204. The highest BCUT2D eigenvalue weighted by Gasteiger charge is 2.23. The number of methoxy groups -OCH3 is 1. The Bertz CT molecular complexity index is 2220. The highest BCUT2D eigenvalue weighted by Crippen LogP contribution is 2.40. The second kappa shape index (κ2) is 15.1. The predicted molar refractivity (Wildman–Crippen MR) is 194 cm³/mol. The molecule has 4 aromatic carbocycles. The van der Waals surface area contributed by atoms with Gasteiger partial charge in [-0.1, -0.05) is 60.7 Å². The van der Waals surface area contributed by atoms with Crippen LogP contribution in [0.15, 0.2) is 115 Å². The number of allylic oxidation sites excluding steroid dienone is 1. The molecule has 0 aliphatic carbocycles. The van der Waals surface area contributed by atoms with Crippen LogP contribution in [0, 0.1) is 11.6 Å². The third-order valence-electron chi connectivity index (χ3n) is 8.26. The summed E-state index contributed by atoms with van der Waals surface area (Å²) in [5.41, 5.74) is 6.14. The van der Waals surface area contributed by atoms with E-state index in [1.165, 1.54) is 31.4 Å². The molecule has 2 heterocycles. The molecule has 0 aliphatic heterocycles. The van der Waals surface area contributed by atoms with Crippen LogP contribution in [0.4, 0.5) is 8.78 Å². The molecule has 256 valence electrons. The van der Waals surface area contributed by atoms with Crippen molar-refractivity contribution in [3.05, 3.63) is 138 Å². The van der Waals surface area contributed by atoms with Crippen molar-refractivity contribution in [2.24, 2.45) is 0 Å². The maximum Gasteiger partial charge on any atom is 0.334 e. The molecular weight excluding hydrogens is 638 g/mol. The summed E-state index contributed by atoms with van der Waals surface area (Å²) in [6.07, 6.45) is 2.85. The van der Waals surface area contributed by atoms with E-state index in [1.54, 1.807) is 24.3 Å². The number of halogens is 2. The summed E-state index contributed by atoms with van der Waals surface area (Å²) in [6.45, 7) is 8.05. The lowest BCUT2D eigenvalue weighted by Gasteiger charge is -2.15. The molecule has 6 rings (SSSR count). The van der Waals surface area contributed by atoms with E-state index in [0.29, 0.717) is 22.5 Å². The summed E-state index contributed by atoms with van der Waals surface area (Å²) in [7, 11) is 1.19. The van der Waals surface area contributed by atoms with Crippen molar-refractivity contribution < 1.29 is 33.3 Å². The Morgan fingerprint density at radius 2 is 1.14 bits per heavy atom. The van der Waals surface area contributed by atoms with E-state index in [2.05, 4.69) is 4.74 Å². The summed E-state index contributed by atoms with van der Waals surface area (Å²) < 4.78 is 35.1. The van der Waals surface area contributed by atoms with Crippen LogP contribution in [0.25, 0.3) is 49.8 Å². The SMILES string of the molecule is CC(C)n1c(C=O)c(-c2ccc(F)cc2)c2ccccc21.COC(=O)/C=C(O)/C=C(\O)c1c(-c2ccc(F)cc2)c2ccccc2n1C(C)C. The molecule has 50 heavy (non-hydrogen) atoms. The maximum absolute atomic E-state index is 13.5. The Morgan fingerprint density at radius 1 is 0.680 bits per heavy atom. The van der Waals surface area contributed by atoms with Gasteiger partial charge in [0.25, 0.3) is 0 Å². The van der Waals surface area contributed by atoms with Gasteiger partial charge in [0.1, 0.15) is 23.2 Å². The fourth-order valence-electron chi connectivity index (χ4n) is 6.27. The topological polar surface area (TPSA) is 93.7 Å². The van der Waals surface area contributed by atoms with E-state index in [0.717, 1.165) is 51.4 Å². The van der Waals surface area contributed by atoms with Gasteiger partial charge in [-0.25, -0.2) is 13.6 Å². The Morgan fingerprint density at radius 3 is 1.62 bits per heavy atom. The zero-order valence-corrected chi connectivity index (χ0v) is 28.4. The zero-order valence-electron chi connectivity index (χ0n) is 28.4. The fraction of sp³-hybridized carbons (Fsp3) is 0.171. The van der Waals surface area contributed by atoms with Gasteiger partial charge in [0.05, 0.1) is 24.6 Å². The number of benzene rings is 4. The first-order valence-corrected chi connectivity index (χ1v) is 16.1. The van der Waals surface area contributed by atoms with E-state index in [4.69, 9.17) is 0 Å². The molecule has 0 aliphatic rings. The largest absolute Gasteiger partial charge is 0.508 e. The smallest absolute Gasteiger partial charge is 0.334 e. The number of aliphatic hydroxyl groups excluding tert-OH is 2. The molecule has 0 spiro atoms. The van der Waals surface area contributed by atoms with Crippen molar-refractivity contribution in [2.45, 2.75) is 39.8 Å². The van der Waals surface area contributed by atoms with E-state index in [1.807, 2.05) is 85.4 Å². The highest BCUT2D eigenvalue weighted by atomic mass is 19.1. The lowest BCUT2D eigenvalue weighted by molar-refractivity contribution is -0.135. The molecule has 0 amide bonds. The molecule has 6 aromatic rings. The normalized spacial score (nSPS) is 12.0. The third kappa shape index (κ3) is 7.08. The summed E-state index contributed by atoms with van der Waals surface area (Å²) in [6, 6.07) is 28.0. The van der Waals surface area contributed by atoms with Crippen LogP contribution in [0.3, 0.4) is 0 Å². The van der Waals surface area contributed by atoms with Crippen molar-refractivity contribution in [1.29, 1.82) is 0 Å². The molecule has 9 heteroatoms. The lowest BCUT2D eigenvalue weighted by atomic mass is 10.0. The predicted octanol–water partition coefficient (Wildman–Crippen LogP) is 10.4. The van der Waals surface area contributed by atoms with E-state index < -0.39 is 11.7 Å². The van der Waals surface area contributed by atoms with Crippen molar-refractivity contribution >= 4 is 39.8 Å². The lowest BCUT2D eigenvalue weighted by Crippen LogP contribution is -2.06. The minimum atomic E-state index is -0.741. The average molecular weight is 677 g/mol. The number of rotatable bonds is 8. The Kier molecular flexibility index (Phi) is 10.7. The summed E-state index contributed by atoms with van der Waals surface area (Å²) in [5, 5.41) is 22.9. The number of esters is 1. The Hall–Kier alpha value is -5.96. The summed E-state index contributed by atoms with van der Waals surface area (Å²) in [5.74, 6) is -2.05. The number of hydrogen-bond donors (Lipinski definition) is 2. The molecule has 0 fully saturated rings. The van der Waals surface area contributed by atoms with Crippen LogP contribution >= 0.6 is 0 Å². The molecule has 7 nitrogen and oxygen atoms in total. The van der Waals surface area contributed by atoms with Gasteiger partial charge in [-0.2, -0.15) is 0 Å². The molecule has 0 radical (unpaired) electrons. The molecular formula is C41H38F2N2O5. The first kappa shape index (κ1) is 35.3. The standard InChI is InChI=1S/C23H22FNO4.C18H16FNO/c1-14(2)25-19-7-5-4-6-18(19)22(15-8-10-16(24)11-9-15)23(25)20(27)12-17(26)13-21(28)29-3;1-12(2)20-16-6-4-3-5-15(16)18(17(20)11-21)13-7-9-14(19)10-8-13/h4-14,26-27H,1-3H3;3-12H,1-2H3/b17-13-,20-12-;. The Labute approximate surface area is 289 Å². The number of fused-ring (bicyclic) bond motifs is 2. The second-order valence-electron chi connectivity index (χ2n) is 12.2. The molecule has 2 aromatic heterocycles. The van der Waals surface area contributed by atoms with Gasteiger partial charge in [-0.05, 0) is 75.2 Å². The summed E-state index contributed by atoms with van der Waals surface area (Å²) in [4.78, 5) is 23.0. The van der Waals surface area contributed by atoms with E-state index in [-0.39, 0.29) is 29.5 Å². The average Bonchev–Trinajstić information content (AvgIpc) is 3.63. The molecule has 2 N–H and O–H groups in total. The quantitative estimate of drug-likeness (QED) is 0.0550. The summed E-state index contributed by atoms with van der Waals surface area (Å²) >= 11 is 0.